The van der Waals surface area contributed by atoms with Gasteiger partial charge < -0.3 is 15.5 Å². The molecule has 0 saturated heterocycles. The van der Waals surface area contributed by atoms with Gasteiger partial charge in [0.1, 0.15) is 11.9 Å². The van der Waals surface area contributed by atoms with Gasteiger partial charge >= 0.3 is 0 Å². The van der Waals surface area contributed by atoms with Crippen LogP contribution in [-0.2, 0) is 0 Å². The van der Waals surface area contributed by atoms with Gasteiger partial charge in [-0.05, 0) is 30.3 Å². The van der Waals surface area contributed by atoms with E-state index in [0.717, 1.165) is 6.07 Å². The highest BCUT2D eigenvalue weighted by Crippen LogP contribution is 2.28. The maximum absolute atomic E-state index is 13.1. The van der Waals surface area contributed by atoms with Crippen LogP contribution in [0.5, 0.6) is 11.5 Å². The summed E-state index contributed by atoms with van der Waals surface area (Å²) in [7, 11) is 0. The molecule has 2 aromatic carbocycles. The lowest BCUT2D eigenvalue weighted by molar-refractivity contribution is 0.102. The maximum atomic E-state index is 13.1. The Balaban J connectivity index is 2.29. The summed E-state index contributed by atoms with van der Waals surface area (Å²) < 4.78 is 13.1. The maximum Gasteiger partial charge on any atom is 0.259 e. The largest absolute Gasteiger partial charge is 0.504 e. The number of hydrogen-bond donors (Lipinski definition) is 3. The minimum Gasteiger partial charge on any atom is -0.504 e. The van der Waals surface area contributed by atoms with E-state index < -0.39 is 23.2 Å². The Morgan fingerprint density at radius 3 is 2.70 bits per heavy atom. The Kier molecular flexibility index (Phi) is 3.53. The summed E-state index contributed by atoms with van der Waals surface area (Å²) in [5.41, 5.74) is -0.133. The van der Waals surface area contributed by atoms with Crippen LogP contribution < -0.4 is 5.32 Å². The zero-order valence-electron chi connectivity index (χ0n) is 10.1. The van der Waals surface area contributed by atoms with Crippen molar-refractivity contribution in [2.24, 2.45) is 0 Å². The van der Waals surface area contributed by atoms with Crippen molar-refractivity contribution in [2.75, 3.05) is 5.32 Å². The molecule has 2 aromatic rings. The highest BCUT2D eigenvalue weighted by molar-refractivity contribution is 6.06. The summed E-state index contributed by atoms with van der Waals surface area (Å²) >= 11 is 0. The van der Waals surface area contributed by atoms with Crippen LogP contribution in [0.4, 0.5) is 10.1 Å². The van der Waals surface area contributed by atoms with Gasteiger partial charge in [-0.2, -0.15) is 5.26 Å². The van der Waals surface area contributed by atoms with Crippen molar-refractivity contribution in [3.63, 3.8) is 0 Å². The molecule has 0 fully saturated rings. The average molecular weight is 272 g/mol. The van der Waals surface area contributed by atoms with Gasteiger partial charge in [0.15, 0.2) is 11.5 Å². The highest BCUT2D eigenvalue weighted by Gasteiger charge is 2.14. The van der Waals surface area contributed by atoms with Gasteiger partial charge in [-0.3, -0.25) is 4.79 Å². The van der Waals surface area contributed by atoms with Crippen LogP contribution in [0, 0.1) is 17.1 Å². The minimum atomic E-state index is -0.689. The molecule has 3 N–H and O–H groups in total. The van der Waals surface area contributed by atoms with E-state index in [1.165, 1.54) is 30.3 Å². The molecule has 0 saturated carbocycles. The number of halogens is 1. The summed E-state index contributed by atoms with van der Waals surface area (Å²) in [4.78, 5) is 11.9. The Labute approximate surface area is 113 Å². The minimum absolute atomic E-state index is 0.132. The molecule has 100 valence electrons. The van der Waals surface area contributed by atoms with Gasteiger partial charge in [-0.25, -0.2) is 4.39 Å². The third-order valence-electron chi connectivity index (χ3n) is 2.60. The van der Waals surface area contributed by atoms with Crippen molar-refractivity contribution in [1.29, 1.82) is 5.26 Å². The molecule has 0 aliphatic heterocycles. The van der Waals surface area contributed by atoms with Crippen molar-refractivity contribution >= 4 is 11.6 Å². The Hall–Kier alpha value is -3.07. The zero-order valence-corrected chi connectivity index (χ0v) is 10.1. The number of nitriles is 1. The number of para-hydroxylation sites is 1. The van der Waals surface area contributed by atoms with Crippen LogP contribution in [0.3, 0.4) is 0 Å². The average Bonchev–Trinajstić information content (AvgIpc) is 2.43. The van der Waals surface area contributed by atoms with Gasteiger partial charge in [0.2, 0.25) is 0 Å². The number of hydrogen-bond acceptors (Lipinski definition) is 4. The molecule has 0 radical (unpaired) electrons. The predicted molar refractivity (Wildman–Crippen MR) is 68.8 cm³/mol. The first-order valence-corrected chi connectivity index (χ1v) is 5.55. The lowest BCUT2D eigenvalue weighted by Crippen LogP contribution is -2.12. The molecule has 2 rings (SSSR count). The highest BCUT2D eigenvalue weighted by atomic mass is 19.1. The third-order valence-corrected chi connectivity index (χ3v) is 2.60. The van der Waals surface area contributed by atoms with Gasteiger partial charge in [0.25, 0.3) is 5.91 Å². The first-order valence-electron chi connectivity index (χ1n) is 5.55. The molecule has 0 heterocycles. The molecule has 0 aliphatic carbocycles. The first-order chi connectivity index (χ1) is 9.52. The van der Waals surface area contributed by atoms with E-state index in [1.807, 2.05) is 0 Å². The molecule has 0 spiro atoms. The summed E-state index contributed by atoms with van der Waals surface area (Å²) in [5, 5.41) is 30.0. The van der Waals surface area contributed by atoms with Crippen LogP contribution in [0.2, 0.25) is 0 Å². The molecule has 0 unspecified atom stereocenters. The molecule has 0 aliphatic rings. The number of rotatable bonds is 2. The van der Waals surface area contributed by atoms with E-state index in [-0.39, 0.29) is 16.8 Å². The molecule has 20 heavy (non-hydrogen) atoms. The number of anilines is 1. The molecule has 1 amide bonds. The normalized spacial score (nSPS) is 9.80. The molecular weight excluding hydrogens is 263 g/mol. The molecular formula is C14H9FN2O3. The second-order valence-electron chi connectivity index (χ2n) is 3.93. The van der Waals surface area contributed by atoms with E-state index >= 15 is 0 Å². The number of nitrogens with one attached hydrogen (secondary N) is 1. The fraction of sp³-hybridized carbons (Fsp3) is 0. The molecule has 0 atom stereocenters. The quantitative estimate of drug-likeness (QED) is 0.731. The van der Waals surface area contributed by atoms with E-state index in [0.29, 0.717) is 0 Å². The SMILES string of the molecule is N#Cc1cc(NC(=O)c2cccc(O)c2O)ccc1F. The summed E-state index contributed by atoms with van der Waals surface area (Å²) in [6.45, 7) is 0. The van der Waals surface area contributed by atoms with Crippen molar-refractivity contribution < 1.29 is 19.4 Å². The van der Waals surface area contributed by atoms with Crippen LogP contribution in [0.1, 0.15) is 15.9 Å². The third kappa shape index (κ3) is 2.52. The van der Waals surface area contributed by atoms with Crippen molar-refractivity contribution in [3.05, 3.63) is 53.3 Å². The number of benzene rings is 2. The number of aromatic hydroxyl groups is 2. The summed E-state index contributed by atoms with van der Waals surface area (Å²) in [6.07, 6.45) is 0. The van der Waals surface area contributed by atoms with E-state index in [9.17, 15) is 19.4 Å². The van der Waals surface area contributed by atoms with E-state index in [4.69, 9.17) is 5.26 Å². The summed E-state index contributed by atoms with van der Waals surface area (Å²) in [5.74, 6) is -2.35. The second-order valence-corrected chi connectivity index (χ2v) is 3.93. The Bertz CT molecular complexity index is 723. The van der Waals surface area contributed by atoms with Crippen LogP contribution >= 0.6 is 0 Å². The van der Waals surface area contributed by atoms with Crippen LogP contribution in [-0.4, -0.2) is 16.1 Å². The lowest BCUT2D eigenvalue weighted by Gasteiger charge is -2.08. The monoisotopic (exact) mass is 272 g/mol. The smallest absolute Gasteiger partial charge is 0.259 e. The van der Waals surface area contributed by atoms with Crippen LogP contribution in [0.25, 0.3) is 0 Å². The second kappa shape index (κ2) is 5.28. The first kappa shape index (κ1) is 13.4. The standard InChI is InChI=1S/C14H9FN2O3/c15-11-5-4-9(6-8(11)7-16)17-14(20)10-2-1-3-12(18)13(10)19/h1-6,18-19H,(H,17,20). The molecule has 5 nitrogen and oxygen atoms in total. The number of phenols is 2. The number of nitrogens with zero attached hydrogens (tertiary/aromatic N) is 1. The van der Waals surface area contributed by atoms with Crippen LogP contribution in [0.15, 0.2) is 36.4 Å². The molecule has 0 bridgehead atoms. The molecule has 0 aromatic heterocycles. The predicted octanol–water partition coefficient (Wildman–Crippen LogP) is 2.36. The zero-order chi connectivity index (χ0) is 14.7. The Morgan fingerprint density at radius 2 is 2.00 bits per heavy atom. The number of phenolic OH excluding ortho intramolecular Hbond substituents is 2. The van der Waals surface area contributed by atoms with Crippen molar-refractivity contribution in [1.82, 2.24) is 0 Å². The van der Waals surface area contributed by atoms with Crippen molar-refractivity contribution in [2.45, 2.75) is 0 Å². The number of carbonyl (C=O) groups excluding carboxylic acids is 1. The topological polar surface area (TPSA) is 93.4 Å². The number of carbonyl (C=O) groups is 1. The van der Waals surface area contributed by atoms with E-state index in [1.54, 1.807) is 6.07 Å². The van der Waals surface area contributed by atoms with E-state index in [2.05, 4.69) is 5.32 Å². The van der Waals surface area contributed by atoms with Gasteiger partial charge in [-0.15, -0.1) is 0 Å². The molecule has 6 heteroatoms. The fourth-order valence-electron chi connectivity index (χ4n) is 1.60. The number of amides is 1. The fourth-order valence-corrected chi connectivity index (χ4v) is 1.60. The Morgan fingerprint density at radius 1 is 1.25 bits per heavy atom. The van der Waals surface area contributed by atoms with Crippen molar-refractivity contribution in [3.8, 4) is 17.6 Å². The van der Waals surface area contributed by atoms with Gasteiger partial charge in [0.05, 0.1) is 11.1 Å². The summed E-state index contributed by atoms with van der Waals surface area (Å²) in [6, 6.07) is 9.12. The van der Waals surface area contributed by atoms with Gasteiger partial charge in [-0.1, -0.05) is 6.07 Å². The van der Waals surface area contributed by atoms with Gasteiger partial charge in [0, 0.05) is 5.69 Å². The lowest BCUT2D eigenvalue weighted by atomic mass is 10.1.